The summed E-state index contributed by atoms with van der Waals surface area (Å²) in [7, 11) is 0. The van der Waals surface area contributed by atoms with Crippen LogP contribution in [-0.4, -0.2) is 30.8 Å². The van der Waals surface area contributed by atoms with Gasteiger partial charge in [0.2, 0.25) is 11.9 Å². The smallest absolute Gasteiger partial charge is 0.220 e. The fourth-order valence-corrected chi connectivity index (χ4v) is 3.01. The quantitative estimate of drug-likeness (QED) is 0.469. The molecule has 8 nitrogen and oxygen atoms in total. The van der Waals surface area contributed by atoms with Gasteiger partial charge in [0, 0.05) is 29.9 Å². The molecular weight excluding hydrogens is 392 g/mol. The van der Waals surface area contributed by atoms with E-state index < -0.39 is 5.66 Å². The summed E-state index contributed by atoms with van der Waals surface area (Å²) in [5, 5.41) is 0. The number of nitrogen functional groups attached to an aromatic ring is 1. The Hall–Kier alpha value is -3.13. The van der Waals surface area contributed by atoms with E-state index in [0.717, 1.165) is 23.6 Å². The normalized spacial score (nSPS) is 15.0. The van der Waals surface area contributed by atoms with Crippen molar-refractivity contribution in [3.63, 3.8) is 0 Å². The fraction of sp³-hybridized carbons (Fsp3) is 0.300. The Bertz CT molecular complexity index is 900. The highest BCUT2D eigenvalue weighted by Gasteiger charge is 2.33. The summed E-state index contributed by atoms with van der Waals surface area (Å²) in [4.78, 5) is 10.2. The van der Waals surface area contributed by atoms with E-state index >= 15 is 0 Å². The minimum Gasteiger partial charge on any atom is -0.493 e. The number of ether oxygens (including phenoxy) is 2. The molecule has 156 valence electrons. The summed E-state index contributed by atoms with van der Waals surface area (Å²) in [5.74, 6) is 1.95. The number of rotatable bonds is 7. The van der Waals surface area contributed by atoms with Crippen LogP contribution in [0.25, 0.3) is 0 Å². The van der Waals surface area contributed by atoms with E-state index in [1.165, 1.54) is 0 Å². The van der Waals surface area contributed by atoms with E-state index in [1.54, 1.807) is 6.07 Å². The Morgan fingerprint density at radius 1 is 0.931 bits per heavy atom. The summed E-state index contributed by atoms with van der Waals surface area (Å²) in [5.41, 5.74) is 18.4. The molecule has 2 aromatic rings. The zero-order valence-corrected chi connectivity index (χ0v) is 17.4. The van der Waals surface area contributed by atoms with Crippen molar-refractivity contribution in [3.05, 3.63) is 48.5 Å². The zero-order valence-electron chi connectivity index (χ0n) is 16.5. The summed E-state index contributed by atoms with van der Waals surface area (Å²) in [6.07, 6.45) is 0.735. The lowest BCUT2D eigenvalue weighted by molar-refractivity contribution is 0.247. The number of aliphatic imine (C=N–C) groups is 2. The van der Waals surface area contributed by atoms with Gasteiger partial charge in [0.25, 0.3) is 0 Å². The van der Waals surface area contributed by atoms with E-state index in [1.807, 2.05) is 61.2 Å². The highest BCUT2D eigenvalue weighted by molar-refractivity contribution is 6.05. The fourth-order valence-electron chi connectivity index (χ4n) is 3.01. The molecule has 1 heterocycles. The molecule has 0 bridgehead atoms. The highest BCUT2D eigenvalue weighted by Crippen LogP contribution is 2.29. The van der Waals surface area contributed by atoms with Gasteiger partial charge in [0.05, 0.1) is 13.2 Å². The van der Waals surface area contributed by atoms with Crippen molar-refractivity contribution in [1.82, 2.24) is 0 Å². The lowest BCUT2D eigenvalue weighted by atomic mass is 10.1. The zero-order chi connectivity index (χ0) is 20.1. The summed E-state index contributed by atoms with van der Waals surface area (Å²) >= 11 is 0. The number of benzene rings is 2. The molecule has 6 N–H and O–H groups in total. The van der Waals surface area contributed by atoms with Gasteiger partial charge in [0.15, 0.2) is 0 Å². The first-order chi connectivity index (χ1) is 13.3. The van der Waals surface area contributed by atoms with Crippen molar-refractivity contribution in [2.75, 3.05) is 23.8 Å². The van der Waals surface area contributed by atoms with Crippen molar-refractivity contribution >= 4 is 35.7 Å². The maximum atomic E-state index is 6.08. The number of anilines is 2. The molecule has 0 unspecified atom stereocenters. The molecule has 1 aliphatic rings. The first-order valence-electron chi connectivity index (χ1n) is 9.06. The molecule has 0 saturated heterocycles. The van der Waals surface area contributed by atoms with Gasteiger partial charge in [-0.3, -0.25) is 4.90 Å². The monoisotopic (exact) mass is 418 g/mol. The second-order valence-corrected chi connectivity index (χ2v) is 6.89. The minimum atomic E-state index is -0.639. The molecule has 0 aliphatic carbocycles. The first-order valence-corrected chi connectivity index (χ1v) is 9.06. The van der Waals surface area contributed by atoms with E-state index in [-0.39, 0.29) is 18.4 Å². The van der Waals surface area contributed by atoms with Crippen LogP contribution in [0.2, 0.25) is 0 Å². The molecule has 3 rings (SSSR count). The third-order valence-corrected chi connectivity index (χ3v) is 4.15. The number of halogens is 1. The SMILES string of the molecule is CC1(C)N=C(N)N=C(N)N1c1cccc(OCCCOc2cccc(N)c2)c1.Cl. The van der Waals surface area contributed by atoms with Crippen molar-refractivity contribution in [1.29, 1.82) is 0 Å². The highest BCUT2D eigenvalue weighted by atomic mass is 35.5. The predicted molar refractivity (Wildman–Crippen MR) is 120 cm³/mol. The average molecular weight is 419 g/mol. The third-order valence-electron chi connectivity index (χ3n) is 4.15. The summed E-state index contributed by atoms with van der Waals surface area (Å²) < 4.78 is 11.5. The molecule has 0 radical (unpaired) electrons. The molecule has 0 fully saturated rings. The van der Waals surface area contributed by atoms with Crippen molar-refractivity contribution < 1.29 is 9.47 Å². The van der Waals surface area contributed by atoms with Crippen LogP contribution in [0.15, 0.2) is 58.5 Å². The van der Waals surface area contributed by atoms with Gasteiger partial charge in [-0.15, -0.1) is 12.4 Å². The molecule has 0 atom stereocenters. The van der Waals surface area contributed by atoms with Gasteiger partial charge in [-0.2, -0.15) is 4.99 Å². The van der Waals surface area contributed by atoms with Gasteiger partial charge in [-0.25, -0.2) is 4.99 Å². The second kappa shape index (κ2) is 9.38. The molecule has 1 aliphatic heterocycles. The molecule has 9 heteroatoms. The van der Waals surface area contributed by atoms with Crippen LogP contribution in [0.5, 0.6) is 11.5 Å². The topological polar surface area (TPSA) is 124 Å². The van der Waals surface area contributed by atoms with E-state index in [4.69, 9.17) is 26.7 Å². The van der Waals surface area contributed by atoms with Gasteiger partial charge in [-0.1, -0.05) is 12.1 Å². The summed E-state index contributed by atoms with van der Waals surface area (Å²) in [6.45, 7) is 4.89. The molecule has 2 aromatic carbocycles. The van der Waals surface area contributed by atoms with Crippen LogP contribution < -0.4 is 31.6 Å². The lowest BCUT2D eigenvalue weighted by Gasteiger charge is -2.38. The van der Waals surface area contributed by atoms with Crippen LogP contribution >= 0.6 is 12.4 Å². The Morgan fingerprint density at radius 2 is 1.55 bits per heavy atom. The van der Waals surface area contributed by atoms with Crippen LogP contribution in [0, 0.1) is 0 Å². The maximum absolute atomic E-state index is 6.08. The number of hydrogen-bond donors (Lipinski definition) is 3. The molecule has 29 heavy (non-hydrogen) atoms. The average Bonchev–Trinajstić information content (AvgIpc) is 2.60. The Balaban J connectivity index is 0.00000300. The number of nitrogens with zero attached hydrogens (tertiary/aromatic N) is 3. The van der Waals surface area contributed by atoms with Gasteiger partial charge >= 0.3 is 0 Å². The molecule has 0 saturated carbocycles. The predicted octanol–water partition coefficient (Wildman–Crippen LogP) is 2.72. The van der Waals surface area contributed by atoms with E-state index in [9.17, 15) is 0 Å². The van der Waals surface area contributed by atoms with Crippen molar-refractivity contribution in [2.24, 2.45) is 21.5 Å². The maximum Gasteiger partial charge on any atom is 0.220 e. The summed E-state index contributed by atoms with van der Waals surface area (Å²) in [6, 6.07) is 15.0. The third kappa shape index (κ3) is 5.68. The standard InChI is InChI=1S/C20H26N6O2.ClH/c1-20(2)25-18(22)24-19(23)26(20)15-7-4-9-17(13-15)28-11-5-10-27-16-8-3-6-14(21)12-16;/h3-4,6-9,12-13H,5,10-11,21H2,1-2H3,(H4,22,23,24,25);1H. The number of guanidine groups is 2. The molecule has 0 aromatic heterocycles. The van der Waals surface area contributed by atoms with Crippen LogP contribution in [0.1, 0.15) is 20.3 Å². The van der Waals surface area contributed by atoms with Crippen LogP contribution in [0.4, 0.5) is 11.4 Å². The van der Waals surface area contributed by atoms with Crippen LogP contribution in [0.3, 0.4) is 0 Å². The second-order valence-electron chi connectivity index (χ2n) is 6.89. The Labute approximate surface area is 176 Å². The van der Waals surface area contributed by atoms with Crippen molar-refractivity contribution in [2.45, 2.75) is 25.9 Å². The number of nitrogens with two attached hydrogens (primary N) is 3. The largest absolute Gasteiger partial charge is 0.493 e. The molecular formula is C20H27ClN6O2. The van der Waals surface area contributed by atoms with Crippen molar-refractivity contribution in [3.8, 4) is 11.5 Å². The molecule has 0 amide bonds. The van der Waals surface area contributed by atoms with Crippen LogP contribution in [-0.2, 0) is 0 Å². The Kier molecular flexibility index (Phi) is 7.17. The van der Waals surface area contributed by atoms with E-state index in [0.29, 0.717) is 24.9 Å². The lowest BCUT2D eigenvalue weighted by Crippen LogP contribution is -2.54. The number of hydrogen-bond acceptors (Lipinski definition) is 8. The van der Waals surface area contributed by atoms with Gasteiger partial charge in [-0.05, 0) is 38.1 Å². The first kappa shape index (κ1) is 22.2. The van der Waals surface area contributed by atoms with Gasteiger partial charge < -0.3 is 26.7 Å². The minimum absolute atomic E-state index is 0. The van der Waals surface area contributed by atoms with E-state index in [2.05, 4.69) is 9.98 Å². The Morgan fingerprint density at radius 3 is 2.17 bits per heavy atom. The molecule has 0 spiro atoms. The van der Waals surface area contributed by atoms with Gasteiger partial charge in [0.1, 0.15) is 17.2 Å².